The van der Waals surface area contributed by atoms with Gasteiger partial charge >= 0.3 is 0 Å². The third-order valence-electron chi connectivity index (χ3n) is 4.61. The fourth-order valence-electron chi connectivity index (χ4n) is 2.68. The van der Waals surface area contributed by atoms with Crippen molar-refractivity contribution in [1.82, 2.24) is 14.8 Å². The van der Waals surface area contributed by atoms with Crippen molar-refractivity contribution in [2.24, 2.45) is 5.41 Å². The first-order valence-corrected chi connectivity index (χ1v) is 8.50. The highest BCUT2D eigenvalue weighted by Gasteiger charge is 2.40. The number of aliphatic hydroxyl groups is 1. The number of aromatic amines is 1. The van der Waals surface area contributed by atoms with Crippen LogP contribution in [0.2, 0.25) is 0 Å². The van der Waals surface area contributed by atoms with Gasteiger partial charge < -0.3 is 5.11 Å². The second kappa shape index (κ2) is 6.97. The molecule has 2 N–H and O–H groups in total. The summed E-state index contributed by atoms with van der Waals surface area (Å²) < 4.78 is 2.22. The predicted octanol–water partition coefficient (Wildman–Crippen LogP) is 4.05. The highest BCUT2D eigenvalue weighted by atomic mass is 32.1. The number of hydrogen-bond acceptors (Lipinski definition) is 3. The van der Waals surface area contributed by atoms with E-state index in [0.29, 0.717) is 17.7 Å². The van der Waals surface area contributed by atoms with Gasteiger partial charge in [-0.25, -0.2) is 4.98 Å². The Labute approximate surface area is 143 Å². The number of rotatable bonds is 6. The summed E-state index contributed by atoms with van der Waals surface area (Å²) in [4.78, 5) is 4.03. The Balaban J connectivity index is 2.05. The van der Waals surface area contributed by atoms with Crippen molar-refractivity contribution in [2.75, 3.05) is 0 Å². The second-order valence-electron chi connectivity index (χ2n) is 7.38. The van der Waals surface area contributed by atoms with Crippen LogP contribution in [0.15, 0.2) is 30.6 Å². The monoisotopic (exact) mass is 333 g/mol. The van der Waals surface area contributed by atoms with Crippen LogP contribution >= 0.6 is 12.2 Å². The summed E-state index contributed by atoms with van der Waals surface area (Å²) in [5, 5.41) is 14.2. The zero-order valence-electron chi connectivity index (χ0n) is 14.5. The Bertz CT molecular complexity index is 681. The van der Waals surface area contributed by atoms with Crippen LogP contribution in [0.25, 0.3) is 0 Å². The molecule has 0 radical (unpaired) electrons. The maximum atomic E-state index is 11.3. The largest absolute Gasteiger partial charge is 0.387 e. The molecule has 0 amide bonds. The lowest BCUT2D eigenvalue weighted by atomic mass is 9.73. The number of aryl methyl sites for hydroxylation is 2. The van der Waals surface area contributed by atoms with Crippen molar-refractivity contribution in [2.45, 2.75) is 59.1 Å². The fraction of sp³-hybridized carbons (Fsp3) is 0.556. The van der Waals surface area contributed by atoms with Crippen LogP contribution in [-0.4, -0.2) is 25.5 Å². The van der Waals surface area contributed by atoms with Gasteiger partial charge in [0.1, 0.15) is 6.33 Å². The lowest BCUT2D eigenvalue weighted by Gasteiger charge is -2.40. The zero-order chi connectivity index (χ0) is 17.1. The maximum absolute atomic E-state index is 11.3. The standard InChI is InChI=1S/C18H27N3OS/c1-14-7-9-15(10-8-14)6-5-11-18(22,17(2,3)4)12-21-16(23)19-13-20-21/h7-10,13,22H,5-6,11-12H2,1-4H3,(H,19,20,23). The molecule has 0 bridgehead atoms. The third kappa shape index (κ3) is 4.52. The first-order valence-electron chi connectivity index (χ1n) is 8.09. The summed E-state index contributed by atoms with van der Waals surface area (Å²) in [6, 6.07) is 8.59. The highest BCUT2D eigenvalue weighted by Crippen LogP contribution is 2.36. The van der Waals surface area contributed by atoms with E-state index in [-0.39, 0.29) is 5.41 Å². The number of benzene rings is 1. The van der Waals surface area contributed by atoms with E-state index in [9.17, 15) is 5.11 Å². The summed E-state index contributed by atoms with van der Waals surface area (Å²) in [6.45, 7) is 8.73. The van der Waals surface area contributed by atoms with Gasteiger partial charge in [-0.3, -0.25) is 9.78 Å². The fourth-order valence-corrected chi connectivity index (χ4v) is 2.85. The summed E-state index contributed by atoms with van der Waals surface area (Å²) in [5.41, 5.74) is 1.49. The van der Waals surface area contributed by atoms with Gasteiger partial charge in [-0.2, -0.15) is 0 Å². The van der Waals surface area contributed by atoms with Crippen LogP contribution in [-0.2, 0) is 13.0 Å². The SMILES string of the molecule is Cc1ccc(CCCC(O)(Cn2[nH]cnc2=S)C(C)(C)C)cc1. The van der Waals surface area contributed by atoms with Crippen molar-refractivity contribution >= 4 is 12.2 Å². The molecule has 1 aromatic carbocycles. The van der Waals surface area contributed by atoms with Crippen molar-refractivity contribution in [3.05, 3.63) is 46.5 Å². The van der Waals surface area contributed by atoms with E-state index in [2.05, 4.69) is 62.0 Å². The molecule has 4 nitrogen and oxygen atoms in total. The van der Waals surface area contributed by atoms with Gasteiger partial charge in [0.05, 0.1) is 12.1 Å². The minimum Gasteiger partial charge on any atom is -0.387 e. The van der Waals surface area contributed by atoms with Gasteiger partial charge in [0.25, 0.3) is 0 Å². The normalized spacial score (nSPS) is 14.7. The zero-order valence-corrected chi connectivity index (χ0v) is 15.3. The van der Waals surface area contributed by atoms with Crippen LogP contribution < -0.4 is 0 Å². The smallest absolute Gasteiger partial charge is 0.215 e. The molecule has 0 fully saturated rings. The average Bonchev–Trinajstić information content (AvgIpc) is 2.85. The first kappa shape index (κ1) is 17.9. The quantitative estimate of drug-likeness (QED) is 0.784. The lowest BCUT2D eigenvalue weighted by molar-refractivity contribution is -0.0813. The number of nitrogens with zero attached hydrogens (tertiary/aromatic N) is 2. The van der Waals surface area contributed by atoms with Gasteiger partial charge in [-0.15, -0.1) is 0 Å². The summed E-state index contributed by atoms with van der Waals surface area (Å²) >= 11 is 5.19. The molecule has 0 spiro atoms. The van der Waals surface area contributed by atoms with Crippen LogP contribution in [0.4, 0.5) is 0 Å². The van der Waals surface area contributed by atoms with Crippen LogP contribution in [0.5, 0.6) is 0 Å². The second-order valence-corrected chi connectivity index (χ2v) is 7.74. The van der Waals surface area contributed by atoms with E-state index < -0.39 is 5.60 Å². The minimum atomic E-state index is -0.845. The van der Waals surface area contributed by atoms with Crippen molar-refractivity contribution in [3.8, 4) is 0 Å². The van der Waals surface area contributed by atoms with Crippen molar-refractivity contribution < 1.29 is 5.11 Å². The van der Waals surface area contributed by atoms with Crippen LogP contribution in [0.3, 0.4) is 0 Å². The molecule has 0 aliphatic rings. The van der Waals surface area contributed by atoms with E-state index in [0.717, 1.165) is 12.8 Å². The Hall–Kier alpha value is -1.46. The molecule has 23 heavy (non-hydrogen) atoms. The van der Waals surface area contributed by atoms with Crippen molar-refractivity contribution in [3.63, 3.8) is 0 Å². The van der Waals surface area contributed by atoms with E-state index >= 15 is 0 Å². The Morgan fingerprint density at radius 1 is 1.22 bits per heavy atom. The molecule has 5 heteroatoms. The van der Waals surface area contributed by atoms with Gasteiger partial charge in [0, 0.05) is 0 Å². The van der Waals surface area contributed by atoms with E-state index in [4.69, 9.17) is 12.2 Å². The number of H-pyrrole nitrogens is 1. The lowest BCUT2D eigenvalue weighted by Crippen LogP contribution is -2.46. The Kier molecular flexibility index (Phi) is 5.42. The molecule has 0 saturated carbocycles. The molecule has 1 unspecified atom stereocenters. The molecule has 1 atom stereocenters. The Morgan fingerprint density at radius 2 is 1.87 bits per heavy atom. The molecule has 0 aliphatic carbocycles. The number of aromatic nitrogens is 3. The minimum absolute atomic E-state index is 0.250. The summed E-state index contributed by atoms with van der Waals surface area (Å²) in [7, 11) is 0. The Morgan fingerprint density at radius 3 is 2.39 bits per heavy atom. The van der Waals surface area contributed by atoms with Gasteiger partial charge in [0.2, 0.25) is 4.77 Å². The summed E-state index contributed by atoms with van der Waals surface area (Å²) in [6.07, 6.45) is 4.17. The average molecular weight is 334 g/mol. The molecule has 0 aliphatic heterocycles. The highest BCUT2D eigenvalue weighted by molar-refractivity contribution is 7.71. The third-order valence-corrected chi connectivity index (χ3v) is 4.94. The van der Waals surface area contributed by atoms with Gasteiger partial charge in [-0.05, 0) is 49.4 Å². The molecule has 2 aromatic rings. The predicted molar refractivity (Wildman–Crippen MR) is 95.9 cm³/mol. The van der Waals surface area contributed by atoms with Gasteiger partial charge in [0.15, 0.2) is 0 Å². The molecule has 1 heterocycles. The topological polar surface area (TPSA) is 53.8 Å². The van der Waals surface area contributed by atoms with E-state index in [1.54, 1.807) is 11.0 Å². The summed E-state index contributed by atoms with van der Waals surface area (Å²) in [5.74, 6) is 0. The molecular weight excluding hydrogens is 306 g/mol. The molecule has 1 aromatic heterocycles. The number of hydrogen-bond donors (Lipinski definition) is 2. The van der Waals surface area contributed by atoms with Crippen LogP contribution in [0, 0.1) is 17.1 Å². The molecule has 2 rings (SSSR count). The molecular formula is C18H27N3OS. The van der Waals surface area contributed by atoms with E-state index in [1.165, 1.54) is 11.1 Å². The molecule has 0 saturated heterocycles. The van der Waals surface area contributed by atoms with Gasteiger partial charge in [-0.1, -0.05) is 50.6 Å². The molecule has 126 valence electrons. The van der Waals surface area contributed by atoms with Crippen LogP contribution in [0.1, 0.15) is 44.7 Å². The maximum Gasteiger partial charge on any atom is 0.215 e. The van der Waals surface area contributed by atoms with E-state index in [1.807, 2.05) is 0 Å². The number of nitrogens with one attached hydrogen (secondary N) is 1. The van der Waals surface area contributed by atoms with Crippen molar-refractivity contribution in [1.29, 1.82) is 0 Å². The first-order chi connectivity index (χ1) is 10.7.